The lowest BCUT2D eigenvalue weighted by Gasteiger charge is -2.45. The van der Waals surface area contributed by atoms with Gasteiger partial charge in [-0.3, -0.25) is 0 Å². The lowest BCUT2D eigenvalue weighted by atomic mass is 9.33. The molecule has 4 heterocycles. The Kier molecular flexibility index (Phi) is 8.01. The first-order valence-corrected chi connectivity index (χ1v) is 22.5. The fourth-order valence-electron chi connectivity index (χ4n) is 10.9. The molecule has 12 aromatic rings. The first-order chi connectivity index (χ1) is 32.8. The monoisotopic (exact) mass is 843 g/mol. The van der Waals surface area contributed by atoms with Crippen molar-refractivity contribution in [1.82, 2.24) is 0 Å². The summed E-state index contributed by atoms with van der Waals surface area (Å²) in [6.45, 7) is -0.0256. The van der Waals surface area contributed by atoms with Crippen LogP contribution in [0.1, 0.15) is 0 Å². The standard InChI is InChI=1S/C60H38BN3O2/c1-4-19-39(20-5-1)43-35-36-47-45-26-11-17-34-56(45)66-60(47)58(43)64(52-32-18-27-46-44-25-10-16-33-55(44)65-59(46)52)42-37-53-57-54(38-42)63(41-23-8-3-9-24-41)51-31-15-13-29-49(51)61(57)48-28-12-14-30-50(48)62(53)40-21-6-2-7-22-40/h1-38H. The molecular formula is C60H38BN3O2. The van der Waals surface area contributed by atoms with Gasteiger partial charge in [-0.05, 0) is 94.7 Å². The van der Waals surface area contributed by atoms with Crippen molar-refractivity contribution in [3.8, 4) is 11.1 Å². The van der Waals surface area contributed by atoms with Crippen LogP contribution < -0.4 is 31.1 Å². The van der Waals surface area contributed by atoms with Gasteiger partial charge < -0.3 is 23.5 Å². The summed E-state index contributed by atoms with van der Waals surface area (Å²) in [5.41, 5.74) is 18.7. The molecule has 2 aliphatic rings. The highest BCUT2D eigenvalue weighted by Gasteiger charge is 2.44. The second kappa shape index (κ2) is 14.4. The SMILES string of the molecule is c1ccc(-c2ccc3c(oc4ccccc43)c2N(c2cc3c4c(c2)N(c2ccccc2)c2ccccc2B4c2ccccc2N3c2ccccc2)c2cccc3c2oc2ccccc23)cc1. The summed E-state index contributed by atoms with van der Waals surface area (Å²) in [6, 6.07) is 82.7. The van der Waals surface area contributed by atoms with E-state index in [-0.39, 0.29) is 6.71 Å². The van der Waals surface area contributed by atoms with Gasteiger partial charge in [-0.15, -0.1) is 0 Å². The number of hydrogen-bond donors (Lipinski definition) is 0. The zero-order valence-electron chi connectivity index (χ0n) is 35.7. The second-order valence-electron chi connectivity index (χ2n) is 17.2. The van der Waals surface area contributed by atoms with Gasteiger partial charge >= 0.3 is 0 Å². The molecule has 2 aliphatic heterocycles. The number of para-hydroxylation sites is 7. The Labute approximate surface area is 381 Å². The van der Waals surface area contributed by atoms with E-state index in [0.717, 1.165) is 106 Å². The van der Waals surface area contributed by atoms with Gasteiger partial charge in [0.25, 0.3) is 6.71 Å². The maximum Gasteiger partial charge on any atom is 0.252 e. The van der Waals surface area contributed by atoms with Gasteiger partial charge in [0.15, 0.2) is 11.2 Å². The number of hydrogen-bond acceptors (Lipinski definition) is 5. The van der Waals surface area contributed by atoms with Gasteiger partial charge in [0.2, 0.25) is 0 Å². The highest BCUT2D eigenvalue weighted by molar-refractivity contribution is 7.00. The maximum atomic E-state index is 7.12. The van der Waals surface area contributed by atoms with Crippen LogP contribution >= 0.6 is 0 Å². The molecule has 10 aromatic carbocycles. The molecule has 0 radical (unpaired) electrons. The van der Waals surface area contributed by atoms with E-state index in [2.05, 4.69) is 233 Å². The Morgan fingerprint density at radius 3 is 1.47 bits per heavy atom. The largest absolute Gasteiger partial charge is 0.454 e. The van der Waals surface area contributed by atoms with E-state index in [4.69, 9.17) is 8.83 Å². The molecule has 2 aromatic heterocycles. The molecule has 0 spiro atoms. The predicted molar refractivity (Wildman–Crippen MR) is 275 cm³/mol. The van der Waals surface area contributed by atoms with E-state index in [1.54, 1.807) is 0 Å². The molecule has 14 rings (SSSR count). The Morgan fingerprint density at radius 1 is 0.379 bits per heavy atom. The van der Waals surface area contributed by atoms with Gasteiger partial charge in [-0.1, -0.05) is 158 Å². The zero-order valence-corrected chi connectivity index (χ0v) is 35.7. The van der Waals surface area contributed by atoms with Crippen LogP contribution in [0.4, 0.5) is 51.2 Å². The predicted octanol–water partition coefficient (Wildman–Crippen LogP) is 14.7. The molecule has 5 nitrogen and oxygen atoms in total. The summed E-state index contributed by atoms with van der Waals surface area (Å²) >= 11 is 0. The maximum absolute atomic E-state index is 7.12. The molecule has 0 fully saturated rings. The quantitative estimate of drug-likeness (QED) is 0.156. The fraction of sp³-hybridized carbons (Fsp3) is 0. The number of benzene rings is 10. The molecule has 66 heavy (non-hydrogen) atoms. The molecular weight excluding hydrogens is 805 g/mol. The summed E-state index contributed by atoms with van der Waals surface area (Å²) in [5, 5.41) is 4.23. The number of anilines is 9. The average molecular weight is 844 g/mol. The zero-order chi connectivity index (χ0) is 43.3. The van der Waals surface area contributed by atoms with E-state index in [0.29, 0.717) is 0 Å². The third-order valence-corrected chi connectivity index (χ3v) is 13.6. The van der Waals surface area contributed by atoms with Crippen LogP contribution in [-0.2, 0) is 0 Å². The van der Waals surface area contributed by atoms with E-state index in [1.807, 2.05) is 12.1 Å². The number of fused-ring (bicyclic) bond motifs is 10. The van der Waals surface area contributed by atoms with E-state index in [1.165, 1.54) is 16.4 Å². The first-order valence-electron chi connectivity index (χ1n) is 22.5. The fourth-order valence-corrected chi connectivity index (χ4v) is 10.9. The Hall–Kier alpha value is -8.74. The summed E-state index contributed by atoms with van der Waals surface area (Å²) in [7, 11) is 0. The molecule has 0 aliphatic carbocycles. The topological polar surface area (TPSA) is 36.0 Å². The minimum atomic E-state index is -0.0256. The molecule has 0 N–H and O–H groups in total. The van der Waals surface area contributed by atoms with Gasteiger partial charge in [-0.25, -0.2) is 0 Å². The third-order valence-electron chi connectivity index (χ3n) is 13.6. The Morgan fingerprint density at radius 2 is 0.864 bits per heavy atom. The lowest BCUT2D eigenvalue weighted by Crippen LogP contribution is -2.61. The van der Waals surface area contributed by atoms with Crippen LogP contribution in [0.5, 0.6) is 0 Å². The van der Waals surface area contributed by atoms with Crippen LogP contribution in [0.2, 0.25) is 0 Å². The van der Waals surface area contributed by atoms with Gasteiger partial charge in [0.05, 0.1) is 17.1 Å². The molecule has 0 saturated carbocycles. The molecule has 0 unspecified atom stereocenters. The summed E-state index contributed by atoms with van der Waals surface area (Å²) < 4.78 is 14.1. The lowest BCUT2D eigenvalue weighted by molar-refractivity contribution is 0.666. The highest BCUT2D eigenvalue weighted by atomic mass is 16.3. The van der Waals surface area contributed by atoms with E-state index in [9.17, 15) is 0 Å². The summed E-state index contributed by atoms with van der Waals surface area (Å²) in [5.74, 6) is 0. The second-order valence-corrected chi connectivity index (χ2v) is 17.2. The number of furan rings is 2. The van der Waals surface area contributed by atoms with Crippen molar-refractivity contribution in [1.29, 1.82) is 0 Å². The molecule has 0 bridgehead atoms. The smallest absolute Gasteiger partial charge is 0.252 e. The normalized spacial score (nSPS) is 12.8. The van der Waals surface area contributed by atoms with Crippen molar-refractivity contribution in [3.05, 3.63) is 231 Å². The minimum Gasteiger partial charge on any atom is -0.454 e. The Bertz CT molecular complexity index is 3750. The Balaban J connectivity index is 1.17. The number of nitrogens with zero attached hydrogens (tertiary/aromatic N) is 3. The van der Waals surface area contributed by atoms with E-state index >= 15 is 0 Å². The van der Waals surface area contributed by atoms with Crippen LogP contribution in [0, 0.1) is 0 Å². The molecule has 6 heteroatoms. The van der Waals surface area contributed by atoms with Gasteiger partial charge in [-0.2, -0.15) is 0 Å². The van der Waals surface area contributed by atoms with Crippen LogP contribution in [0.25, 0.3) is 55.0 Å². The first kappa shape index (κ1) is 36.7. The third kappa shape index (κ3) is 5.36. The summed E-state index contributed by atoms with van der Waals surface area (Å²) in [6.07, 6.45) is 0. The molecule has 0 amide bonds. The van der Waals surface area contributed by atoms with E-state index < -0.39 is 0 Å². The van der Waals surface area contributed by atoms with Crippen LogP contribution in [0.3, 0.4) is 0 Å². The van der Waals surface area contributed by atoms with Crippen LogP contribution in [0.15, 0.2) is 239 Å². The van der Waals surface area contributed by atoms with Crippen LogP contribution in [-0.4, -0.2) is 6.71 Å². The molecule has 308 valence electrons. The van der Waals surface area contributed by atoms with Crippen molar-refractivity contribution in [2.45, 2.75) is 0 Å². The van der Waals surface area contributed by atoms with Crippen molar-refractivity contribution in [2.75, 3.05) is 14.7 Å². The van der Waals surface area contributed by atoms with Crippen molar-refractivity contribution >= 4 is 118 Å². The van der Waals surface area contributed by atoms with Crippen molar-refractivity contribution in [3.63, 3.8) is 0 Å². The highest BCUT2D eigenvalue weighted by Crippen LogP contribution is 2.53. The average Bonchev–Trinajstić information content (AvgIpc) is 3.96. The molecule has 0 atom stereocenters. The van der Waals surface area contributed by atoms with Crippen molar-refractivity contribution in [2.24, 2.45) is 0 Å². The minimum absolute atomic E-state index is 0.0256. The number of rotatable bonds is 6. The van der Waals surface area contributed by atoms with Gasteiger partial charge in [0, 0.05) is 61.2 Å². The molecule has 0 saturated heterocycles. The van der Waals surface area contributed by atoms with Gasteiger partial charge in [0.1, 0.15) is 11.2 Å². The van der Waals surface area contributed by atoms with Crippen molar-refractivity contribution < 1.29 is 8.83 Å². The summed E-state index contributed by atoms with van der Waals surface area (Å²) in [4.78, 5) is 7.34.